The van der Waals surface area contributed by atoms with Crippen LogP contribution in [-0.2, 0) is 0 Å². The Bertz CT molecular complexity index is 2620. The maximum atomic E-state index is 9.43. The zero-order valence-corrected chi connectivity index (χ0v) is 25.4. The summed E-state index contributed by atoms with van der Waals surface area (Å²) in [7, 11) is 0. The highest BCUT2D eigenvalue weighted by molar-refractivity contribution is 6.28. The zero-order chi connectivity index (χ0) is 31.1. The van der Waals surface area contributed by atoms with Gasteiger partial charge in [-0.2, -0.15) is 5.26 Å². The lowest BCUT2D eigenvalue weighted by Gasteiger charge is -2.36. The van der Waals surface area contributed by atoms with Crippen LogP contribution >= 0.6 is 0 Å². The number of aromatic nitrogens is 2. The molecule has 0 amide bonds. The van der Waals surface area contributed by atoms with Crippen molar-refractivity contribution in [1.82, 2.24) is 9.13 Å². The SMILES string of the molecule is [C-]#[N+]c1ccc2c(c1)-n1c3c(cc(-c4ccc(C#N)cc4)cc3c3ccc4c(c5ccccc5n4-c4ccccc4)c31)N2C(C)C. The van der Waals surface area contributed by atoms with E-state index in [9.17, 15) is 5.26 Å². The second-order valence-electron chi connectivity index (χ2n) is 12.2. The summed E-state index contributed by atoms with van der Waals surface area (Å²) in [5.74, 6) is 0. The molecule has 216 valence electrons. The lowest BCUT2D eigenvalue weighted by atomic mass is 9.98. The van der Waals surface area contributed by atoms with E-state index in [0.29, 0.717) is 11.3 Å². The molecule has 2 aromatic heterocycles. The molecule has 0 saturated carbocycles. The van der Waals surface area contributed by atoms with Gasteiger partial charge in [0, 0.05) is 33.3 Å². The van der Waals surface area contributed by atoms with Gasteiger partial charge in [0.05, 0.1) is 57.3 Å². The molecule has 0 fully saturated rings. The lowest BCUT2D eigenvalue weighted by Crippen LogP contribution is -2.29. The standard InChI is InChI=1S/C41H27N5/c1-25(2)44-35-19-17-29(43-3)23-37(35)46-40-33(21-28(22-38(40)44)27-15-13-26(24-42)14-16-27)31-18-20-36-39(41(31)46)32-11-7-8-12-34(32)45(36)30-9-5-4-6-10-30/h4-23,25H,1-2H3. The summed E-state index contributed by atoms with van der Waals surface area (Å²) < 4.78 is 4.77. The smallest absolute Gasteiger partial charge is 0.189 e. The van der Waals surface area contributed by atoms with Gasteiger partial charge in [0.15, 0.2) is 5.69 Å². The molecule has 5 heteroatoms. The van der Waals surface area contributed by atoms with Crippen molar-refractivity contribution in [2.24, 2.45) is 0 Å². The lowest BCUT2D eigenvalue weighted by molar-refractivity contribution is 0.782. The topological polar surface area (TPSA) is 41.2 Å². The zero-order valence-electron chi connectivity index (χ0n) is 25.4. The Morgan fingerprint density at radius 1 is 0.630 bits per heavy atom. The summed E-state index contributed by atoms with van der Waals surface area (Å²) in [6, 6.07) is 44.7. The molecule has 0 N–H and O–H groups in total. The van der Waals surface area contributed by atoms with Crippen molar-refractivity contribution in [3.63, 3.8) is 0 Å². The maximum absolute atomic E-state index is 9.43. The number of para-hydroxylation sites is 2. The van der Waals surface area contributed by atoms with E-state index >= 15 is 0 Å². The van der Waals surface area contributed by atoms with Crippen molar-refractivity contribution in [2.75, 3.05) is 4.90 Å². The van der Waals surface area contributed by atoms with Crippen molar-refractivity contribution < 1.29 is 0 Å². The van der Waals surface area contributed by atoms with Crippen molar-refractivity contribution >= 4 is 60.7 Å². The third-order valence-electron chi connectivity index (χ3n) is 9.36. The quantitative estimate of drug-likeness (QED) is 0.192. The first kappa shape index (κ1) is 26.1. The summed E-state index contributed by atoms with van der Waals surface area (Å²) in [5, 5.41) is 14.1. The minimum absolute atomic E-state index is 0.170. The molecule has 0 unspecified atom stereocenters. The highest BCUT2D eigenvalue weighted by Gasteiger charge is 2.31. The minimum Gasteiger partial charge on any atom is -0.336 e. The van der Waals surface area contributed by atoms with Crippen LogP contribution in [0.3, 0.4) is 0 Å². The molecule has 0 radical (unpaired) electrons. The summed E-state index contributed by atoms with van der Waals surface area (Å²) in [6.07, 6.45) is 0. The third kappa shape index (κ3) is 3.49. The predicted molar refractivity (Wildman–Crippen MR) is 189 cm³/mol. The van der Waals surface area contributed by atoms with Crippen LogP contribution in [0.1, 0.15) is 19.4 Å². The molecular formula is C41H27N5. The van der Waals surface area contributed by atoms with E-state index in [1.807, 2.05) is 36.4 Å². The van der Waals surface area contributed by atoms with Crippen LogP contribution in [0.2, 0.25) is 0 Å². The fourth-order valence-corrected chi connectivity index (χ4v) is 7.50. The summed E-state index contributed by atoms with van der Waals surface area (Å²) >= 11 is 0. The van der Waals surface area contributed by atoms with Crippen LogP contribution in [0.4, 0.5) is 17.1 Å². The van der Waals surface area contributed by atoms with E-state index in [4.69, 9.17) is 6.57 Å². The van der Waals surface area contributed by atoms with Crippen molar-refractivity contribution in [3.05, 3.63) is 138 Å². The van der Waals surface area contributed by atoms with Gasteiger partial charge in [-0.3, -0.25) is 0 Å². The summed E-state index contributed by atoms with van der Waals surface area (Å²) in [5.41, 5.74) is 12.4. The second kappa shape index (κ2) is 9.60. The van der Waals surface area contributed by atoms with Gasteiger partial charge in [0.2, 0.25) is 0 Å². The maximum Gasteiger partial charge on any atom is 0.189 e. The van der Waals surface area contributed by atoms with E-state index in [2.05, 4.69) is 124 Å². The van der Waals surface area contributed by atoms with Crippen molar-refractivity contribution in [3.8, 4) is 28.6 Å². The van der Waals surface area contributed by atoms with Gasteiger partial charge in [-0.1, -0.05) is 60.7 Å². The van der Waals surface area contributed by atoms with E-state index in [0.717, 1.165) is 61.3 Å². The second-order valence-corrected chi connectivity index (χ2v) is 12.2. The molecule has 0 bridgehead atoms. The molecule has 0 atom stereocenters. The normalized spacial score (nSPS) is 12.2. The average Bonchev–Trinajstić information content (AvgIpc) is 3.62. The molecule has 3 heterocycles. The molecule has 1 aliphatic rings. The number of nitriles is 1. The van der Waals surface area contributed by atoms with Crippen molar-refractivity contribution in [2.45, 2.75) is 19.9 Å². The molecule has 9 rings (SSSR count). The van der Waals surface area contributed by atoms with Gasteiger partial charge in [-0.15, -0.1) is 0 Å². The highest BCUT2D eigenvalue weighted by atomic mass is 15.2. The molecule has 0 spiro atoms. The first-order chi connectivity index (χ1) is 22.6. The van der Waals surface area contributed by atoms with Crippen LogP contribution < -0.4 is 4.90 Å². The summed E-state index contributed by atoms with van der Waals surface area (Å²) in [4.78, 5) is 6.25. The Hall–Kier alpha value is -6.30. The Balaban J connectivity index is 1.51. The molecule has 1 aliphatic heterocycles. The molecule has 46 heavy (non-hydrogen) atoms. The summed E-state index contributed by atoms with van der Waals surface area (Å²) in [6.45, 7) is 12.3. The fraction of sp³-hybridized carbons (Fsp3) is 0.0732. The number of anilines is 2. The van der Waals surface area contributed by atoms with Gasteiger partial charge < -0.3 is 14.0 Å². The first-order valence-corrected chi connectivity index (χ1v) is 15.5. The fourth-order valence-electron chi connectivity index (χ4n) is 7.50. The van der Waals surface area contributed by atoms with Crippen LogP contribution in [0, 0.1) is 17.9 Å². The van der Waals surface area contributed by atoms with E-state index < -0.39 is 0 Å². The van der Waals surface area contributed by atoms with Crippen LogP contribution in [0.15, 0.2) is 121 Å². The first-order valence-electron chi connectivity index (χ1n) is 15.5. The average molecular weight is 590 g/mol. The van der Waals surface area contributed by atoms with Gasteiger partial charge in [0.25, 0.3) is 0 Å². The third-order valence-corrected chi connectivity index (χ3v) is 9.36. The van der Waals surface area contributed by atoms with Gasteiger partial charge in [-0.05, 0) is 85.6 Å². The van der Waals surface area contributed by atoms with E-state index in [-0.39, 0.29) is 6.04 Å². The Kier molecular flexibility index (Phi) is 5.45. The van der Waals surface area contributed by atoms with E-state index in [1.54, 1.807) is 0 Å². The number of hydrogen-bond donors (Lipinski definition) is 0. The highest BCUT2D eigenvalue weighted by Crippen LogP contribution is 2.52. The Morgan fingerprint density at radius 3 is 2.17 bits per heavy atom. The van der Waals surface area contributed by atoms with Gasteiger partial charge in [-0.25, -0.2) is 4.85 Å². The molecule has 0 aliphatic carbocycles. The van der Waals surface area contributed by atoms with E-state index in [1.165, 1.54) is 16.2 Å². The molecule has 8 aromatic rings. The minimum atomic E-state index is 0.170. The Morgan fingerprint density at radius 2 is 1.41 bits per heavy atom. The number of hydrogen-bond acceptors (Lipinski definition) is 2. The number of benzene rings is 6. The largest absolute Gasteiger partial charge is 0.336 e. The predicted octanol–water partition coefficient (Wildman–Crippen LogP) is 10.8. The van der Waals surface area contributed by atoms with Crippen LogP contribution in [-0.4, -0.2) is 15.2 Å². The molecule has 6 aromatic carbocycles. The van der Waals surface area contributed by atoms with Gasteiger partial charge >= 0.3 is 0 Å². The molecule has 0 saturated heterocycles. The van der Waals surface area contributed by atoms with Crippen molar-refractivity contribution in [1.29, 1.82) is 5.26 Å². The monoisotopic (exact) mass is 589 g/mol. The Labute approximate surface area is 266 Å². The van der Waals surface area contributed by atoms with Crippen LogP contribution in [0.5, 0.6) is 0 Å². The number of nitrogens with zero attached hydrogens (tertiary/aromatic N) is 5. The van der Waals surface area contributed by atoms with Gasteiger partial charge in [0.1, 0.15) is 0 Å². The number of rotatable bonds is 3. The molecular weight excluding hydrogens is 562 g/mol. The van der Waals surface area contributed by atoms with Crippen LogP contribution in [0.25, 0.3) is 71.0 Å². The number of fused-ring (bicyclic) bond motifs is 9. The molecule has 5 nitrogen and oxygen atoms in total.